The maximum absolute atomic E-state index is 5.89. The van der Waals surface area contributed by atoms with Gasteiger partial charge in [0.15, 0.2) is 10.2 Å². The molecular formula is C14H19N5OS. The van der Waals surface area contributed by atoms with Crippen molar-refractivity contribution in [3.63, 3.8) is 0 Å². The molecule has 2 saturated heterocycles. The minimum atomic E-state index is 0.581. The van der Waals surface area contributed by atoms with Crippen molar-refractivity contribution < 1.29 is 4.42 Å². The minimum absolute atomic E-state index is 0.581. The zero-order valence-electron chi connectivity index (χ0n) is 12.3. The van der Waals surface area contributed by atoms with E-state index < -0.39 is 0 Å². The molecule has 0 radical (unpaired) electrons. The molecule has 0 amide bonds. The molecule has 7 heteroatoms. The van der Waals surface area contributed by atoms with E-state index in [9.17, 15) is 0 Å². The highest BCUT2D eigenvalue weighted by molar-refractivity contribution is 7.99. The van der Waals surface area contributed by atoms with Gasteiger partial charge in [-0.3, -0.25) is 4.90 Å². The summed E-state index contributed by atoms with van der Waals surface area (Å²) < 4.78 is 7.78. The Morgan fingerprint density at radius 1 is 1.24 bits per heavy atom. The minimum Gasteiger partial charge on any atom is -0.453 e. The van der Waals surface area contributed by atoms with Gasteiger partial charge >= 0.3 is 0 Å². The fourth-order valence-electron chi connectivity index (χ4n) is 3.49. The van der Waals surface area contributed by atoms with Crippen LogP contribution in [-0.2, 0) is 13.6 Å². The smallest absolute Gasteiger partial charge is 0.198 e. The number of aryl methyl sites for hydroxylation is 1. The van der Waals surface area contributed by atoms with E-state index in [0.29, 0.717) is 5.41 Å². The summed E-state index contributed by atoms with van der Waals surface area (Å²) in [5.74, 6) is 1.03. The molecule has 0 bridgehead atoms. The van der Waals surface area contributed by atoms with Crippen LogP contribution in [-0.4, -0.2) is 57.8 Å². The maximum Gasteiger partial charge on any atom is 0.198 e. The highest BCUT2D eigenvalue weighted by atomic mass is 32.2. The van der Waals surface area contributed by atoms with Crippen LogP contribution < -0.4 is 0 Å². The third-order valence-electron chi connectivity index (χ3n) is 4.21. The number of furan rings is 1. The van der Waals surface area contributed by atoms with Crippen molar-refractivity contribution in [3.8, 4) is 0 Å². The van der Waals surface area contributed by atoms with Gasteiger partial charge in [-0.15, -0.1) is 10.2 Å². The van der Waals surface area contributed by atoms with Crippen molar-refractivity contribution in [2.45, 2.75) is 16.8 Å². The highest BCUT2D eigenvalue weighted by Gasteiger charge is 2.50. The Bertz CT molecular complexity index is 637. The average Bonchev–Trinajstić information content (AvgIpc) is 2.96. The number of rotatable bonds is 4. The number of aromatic nitrogens is 3. The summed E-state index contributed by atoms with van der Waals surface area (Å²) in [6.45, 7) is 5.79. The number of hydrogen-bond donors (Lipinski definition) is 0. The molecule has 2 fully saturated rings. The zero-order chi connectivity index (χ0) is 14.4. The Hall–Kier alpha value is -1.31. The molecule has 2 aliphatic rings. The van der Waals surface area contributed by atoms with Gasteiger partial charge in [0.05, 0.1) is 6.54 Å². The molecule has 0 unspecified atom stereocenters. The van der Waals surface area contributed by atoms with Crippen molar-refractivity contribution in [3.05, 3.63) is 24.2 Å². The lowest BCUT2D eigenvalue weighted by atomic mass is 9.73. The lowest BCUT2D eigenvalue weighted by Crippen LogP contribution is -2.70. The summed E-state index contributed by atoms with van der Waals surface area (Å²) >= 11 is 1.51. The molecule has 2 aliphatic heterocycles. The Kier molecular flexibility index (Phi) is 3.09. The summed E-state index contributed by atoms with van der Waals surface area (Å²) in [6, 6.07) is 4.08. The van der Waals surface area contributed by atoms with Crippen LogP contribution in [0.4, 0.5) is 0 Å². The Morgan fingerprint density at radius 2 is 2.05 bits per heavy atom. The van der Waals surface area contributed by atoms with E-state index in [-0.39, 0.29) is 0 Å². The fourth-order valence-corrected chi connectivity index (χ4v) is 4.23. The number of nitrogens with zero attached hydrogens (tertiary/aromatic N) is 5. The Balaban J connectivity index is 1.32. The molecule has 0 saturated carbocycles. The second-order valence-corrected chi connectivity index (χ2v) is 7.34. The van der Waals surface area contributed by atoms with E-state index in [1.165, 1.54) is 37.9 Å². The third-order valence-corrected chi connectivity index (χ3v) is 5.18. The first kappa shape index (κ1) is 13.4. The lowest BCUT2D eigenvalue weighted by Gasteiger charge is -2.59. The average molecular weight is 305 g/mol. The van der Waals surface area contributed by atoms with Crippen LogP contribution >= 0.6 is 11.8 Å². The molecule has 1 spiro atoms. The van der Waals surface area contributed by atoms with Crippen molar-refractivity contribution in [2.75, 3.05) is 33.2 Å². The van der Waals surface area contributed by atoms with Gasteiger partial charge in [-0.1, -0.05) is 0 Å². The fraction of sp³-hybridized carbons (Fsp3) is 0.571. The van der Waals surface area contributed by atoms with Gasteiger partial charge in [0, 0.05) is 38.6 Å². The van der Waals surface area contributed by atoms with Crippen molar-refractivity contribution >= 4 is 11.8 Å². The number of hydrogen-bond acceptors (Lipinski definition) is 6. The van der Waals surface area contributed by atoms with E-state index in [4.69, 9.17) is 4.42 Å². The first-order valence-electron chi connectivity index (χ1n) is 7.13. The molecule has 0 N–H and O–H groups in total. The summed E-state index contributed by atoms with van der Waals surface area (Å²) in [6.07, 6.45) is 1.70. The molecule has 0 aliphatic carbocycles. The molecule has 0 aromatic carbocycles. The molecule has 6 nitrogen and oxygen atoms in total. The van der Waals surface area contributed by atoms with Crippen molar-refractivity contribution in [1.82, 2.24) is 24.6 Å². The summed E-state index contributed by atoms with van der Waals surface area (Å²) in [7, 11) is 4.12. The van der Waals surface area contributed by atoms with Gasteiger partial charge in [0.1, 0.15) is 12.1 Å². The summed E-state index contributed by atoms with van der Waals surface area (Å²) in [4.78, 5) is 4.85. The maximum atomic E-state index is 5.89. The predicted octanol–water partition coefficient (Wildman–Crippen LogP) is 1.31. The van der Waals surface area contributed by atoms with Crippen LogP contribution in [0, 0.1) is 5.41 Å². The van der Waals surface area contributed by atoms with E-state index in [1.54, 1.807) is 6.33 Å². The van der Waals surface area contributed by atoms with Crippen LogP contribution in [0.3, 0.4) is 0 Å². The molecule has 2 aromatic heterocycles. The second-order valence-electron chi connectivity index (χ2n) is 6.36. The van der Waals surface area contributed by atoms with E-state index >= 15 is 0 Å². The van der Waals surface area contributed by atoms with E-state index in [1.807, 2.05) is 17.7 Å². The monoisotopic (exact) mass is 305 g/mol. The first-order valence-corrected chi connectivity index (χ1v) is 7.95. The van der Waals surface area contributed by atoms with Crippen LogP contribution in [0.2, 0.25) is 0 Å². The summed E-state index contributed by atoms with van der Waals surface area (Å²) in [5.41, 5.74) is 0.581. The van der Waals surface area contributed by atoms with Gasteiger partial charge in [-0.25, -0.2) is 0 Å². The van der Waals surface area contributed by atoms with Gasteiger partial charge < -0.3 is 13.9 Å². The van der Waals surface area contributed by atoms with Gasteiger partial charge in [0.2, 0.25) is 0 Å². The van der Waals surface area contributed by atoms with Crippen LogP contribution in [0.5, 0.6) is 0 Å². The largest absolute Gasteiger partial charge is 0.453 e. The topological polar surface area (TPSA) is 50.3 Å². The Morgan fingerprint density at radius 3 is 2.71 bits per heavy atom. The quantitative estimate of drug-likeness (QED) is 0.849. The first-order chi connectivity index (χ1) is 10.1. The van der Waals surface area contributed by atoms with Crippen LogP contribution in [0.15, 0.2) is 33.1 Å². The van der Waals surface area contributed by atoms with Gasteiger partial charge in [-0.2, -0.15) is 0 Å². The van der Waals surface area contributed by atoms with E-state index in [2.05, 4.69) is 33.1 Å². The standard InChI is InChI=1S/C14H19N5OS/c1-17-6-14(7-17)8-19(9-14)5-11-3-4-12(20-11)21-13-16-15-10-18(13)2/h3-4,10H,5-9H2,1-2H3. The highest BCUT2D eigenvalue weighted by Crippen LogP contribution is 2.39. The normalized spacial score (nSPS) is 21.4. The van der Waals surface area contributed by atoms with E-state index in [0.717, 1.165) is 22.6 Å². The summed E-state index contributed by atoms with van der Waals surface area (Å²) in [5, 5.41) is 9.64. The molecule has 21 heavy (non-hydrogen) atoms. The van der Waals surface area contributed by atoms with Crippen molar-refractivity contribution in [2.24, 2.45) is 12.5 Å². The Labute approximate surface area is 128 Å². The molecule has 4 rings (SSSR count). The molecular weight excluding hydrogens is 286 g/mol. The third kappa shape index (κ3) is 2.49. The lowest BCUT2D eigenvalue weighted by molar-refractivity contribution is -0.109. The molecule has 0 atom stereocenters. The molecule has 4 heterocycles. The predicted molar refractivity (Wildman–Crippen MR) is 79.0 cm³/mol. The molecule has 2 aromatic rings. The SMILES string of the molecule is CN1CC2(C1)CN(Cc1ccc(Sc3nncn3C)o1)C2. The number of likely N-dealkylation sites (tertiary alicyclic amines) is 2. The van der Waals surface area contributed by atoms with Crippen LogP contribution in [0.1, 0.15) is 5.76 Å². The second kappa shape index (κ2) is 4.86. The molecule has 112 valence electrons. The zero-order valence-corrected chi connectivity index (χ0v) is 13.1. The van der Waals surface area contributed by atoms with Crippen LogP contribution in [0.25, 0.3) is 0 Å². The van der Waals surface area contributed by atoms with Crippen molar-refractivity contribution in [1.29, 1.82) is 0 Å². The van der Waals surface area contributed by atoms with Gasteiger partial charge in [0.25, 0.3) is 0 Å². The van der Waals surface area contributed by atoms with Gasteiger partial charge in [-0.05, 0) is 30.9 Å².